The molecule has 2 nitrogen and oxygen atoms in total. The van der Waals surface area contributed by atoms with Crippen LogP contribution in [0.25, 0.3) is 0 Å². The van der Waals surface area contributed by atoms with E-state index in [1.165, 1.54) is 37.7 Å². The van der Waals surface area contributed by atoms with Gasteiger partial charge < -0.3 is 11.1 Å². The second kappa shape index (κ2) is 5.02. The fourth-order valence-electron chi connectivity index (χ4n) is 3.24. The Morgan fingerprint density at radius 2 is 2.00 bits per heavy atom. The van der Waals surface area contributed by atoms with Gasteiger partial charge in [0.1, 0.15) is 0 Å². The second-order valence-corrected chi connectivity index (χ2v) is 6.12. The molecular weight excluding hydrogens is 220 g/mol. The van der Waals surface area contributed by atoms with E-state index >= 15 is 0 Å². The molecule has 0 aliphatic heterocycles. The highest BCUT2D eigenvalue weighted by molar-refractivity contribution is 5.27. The van der Waals surface area contributed by atoms with Crippen LogP contribution < -0.4 is 11.1 Å². The molecule has 3 rings (SSSR count). The first kappa shape index (κ1) is 12.2. The molecule has 0 radical (unpaired) electrons. The fraction of sp³-hybridized carbons (Fsp3) is 0.625. The highest BCUT2D eigenvalue weighted by atomic mass is 15.0. The molecule has 2 atom stereocenters. The Morgan fingerprint density at radius 1 is 1.22 bits per heavy atom. The Bertz CT molecular complexity index is 378. The van der Waals surface area contributed by atoms with Crippen molar-refractivity contribution in [3.05, 3.63) is 35.9 Å². The average Bonchev–Trinajstić information content (AvgIpc) is 3.13. The van der Waals surface area contributed by atoms with Gasteiger partial charge in [-0.2, -0.15) is 0 Å². The van der Waals surface area contributed by atoms with Crippen molar-refractivity contribution < 1.29 is 0 Å². The van der Waals surface area contributed by atoms with Crippen molar-refractivity contribution in [2.24, 2.45) is 11.1 Å². The molecule has 18 heavy (non-hydrogen) atoms. The molecule has 0 heterocycles. The normalized spacial score (nSPS) is 28.7. The first-order valence-electron chi connectivity index (χ1n) is 7.31. The van der Waals surface area contributed by atoms with Gasteiger partial charge in [0.15, 0.2) is 0 Å². The summed E-state index contributed by atoms with van der Waals surface area (Å²) in [7, 11) is 0. The maximum absolute atomic E-state index is 5.89. The molecule has 2 aliphatic carbocycles. The molecule has 2 unspecified atom stereocenters. The summed E-state index contributed by atoms with van der Waals surface area (Å²) in [5.74, 6) is 0.751. The largest absolute Gasteiger partial charge is 0.330 e. The maximum atomic E-state index is 5.89. The molecule has 2 heteroatoms. The van der Waals surface area contributed by atoms with Gasteiger partial charge in [-0.15, -0.1) is 0 Å². The minimum Gasteiger partial charge on any atom is -0.330 e. The van der Waals surface area contributed by atoms with E-state index in [2.05, 4.69) is 35.6 Å². The molecule has 98 valence electrons. The molecule has 3 N–H and O–H groups in total. The Balaban J connectivity index is 1.41. The van der Waals surface area contributed by atoms with Crippen LogP contribution in [0, 0.1) is 5.41 Å². The molecule has 0 bridgehead atoms. The molecule has 1 aromatic rings. The van der Waals surface area contributed by atoms with Gasteiger partial charge in [-0.25, -0.2) is 0 Å². The van der Waals surface area contributed by atoms with Gasteiger partial charge in [0, 0.05) is 12.0 Å². The summed E-state index contributed by atoms with van der Waals surface area (Å²) < 4.78 is 0. The lowest BCUT2D eigenvalue weighted by molar-refractivity contribution is 0.130. The maximum Gasteiger partial charge on any atom is 0.0143 e. The highest BCUT2D eigenvalue weighted by Crippen LogP contribution is 2.44. The van der Waals surface area contributed by atoms with Crippen LogP contribution in [-0.4, -0.2) is 19.1 Å². The lowest BCUT2D eigenvalue weighted by atomic mass is 9.67. The molecule has 2 fully saturated rings. The van der Waals surface area contributed by atoms with Gasteiger partial charge in [0.2, 0.25) is 0 Å². The van der Waals surface area contributed by atoms with Gasteiger partial charge in [-0.3, -0.25) is 0 Å². The van der Waals surface area contributed by atoms with E-state index in [4.69, 9.17) is 5.73 Å². The van der Waals surface area contributed by atoms with E-state index in [0.29, 0.717) is 11.5 Å². The molecule has 0 saturated heterocycles. The topological polar surface area (TPSA) is 38.0 Å². The Kier molecular flexibility index (Phi) is 3.40. The first-order chi connectivity index (χ1) is 8.83. The third-order valence-corrected chi connectivity index (χ3v) is 4.93. The number of hydrogen-bond donors (Lipinski definition) is 2. The quantitative estimate of drug-likeness (QED) is 0.807. The van der Waals surface area contributed by atoms with Crippen molar-refractivity contribution in [2.75, 3.05) is 13.1 Å². The van der Waals surface area contributed by atoms with Crippen molar-refractivity contribution in [3.63, 3.8) is 0 Å². The zero-order chi connectivity index (χ0) is 12.4. The van der Waals surface area contributed by atoms with E-state index in [9.17, 15) is 0 Å². The van der Waals surface area contributed by atoms with E-state index in [1.54, 1.807) is 0 Å². The summed E-state index contributed by atoms with van der Waals surface area (Å²) in [6, 6.07) is 11.6. The Hall–Kier alpha value is -0.860. The number of nitrogens with two attached hydrogens (primary N) is 1. The number of rotatable bonds is 6. The summed E-state index contributed by atoms with van der Waals surface area (Å²) in [6.07, 6.45) is 6.64. The van der Waals surface area contributed by atoms with Crippen LogP contribution in [0.2, 0.25) is 0 Å². The SMILES string of the molecule is NCC1(CCNC2CC2c2ccccc2)CCC1. The summed E-state index contributed by atoms with van der Waals surface area (Å²) in [4.78, 5) is 0. The lowest BCUT2D eigenvalue weighted by Gasteiger charge is -2.41. The van der Waals surface area contributed by atoms with Gasteiger partial charge in [0.25, 0.3) is 0 Å². The summed E-state index contributed by atoms with van der Waals surface area (Å²) in [5, 5.41) is 3.71. The fourth-order valence-corrected chi connectivity index (χ4v) is 3.24. The summed E-state index contributed by atoms with van der Waals surface area (Å²) >= 11 is 0. The van der Waals surface area contributed by atoms with Crippen LogP contribution in [0.1, 0.15) is 43.6 Å². The molecule has 2 aliphatic rings. The van der Waals surface area contributed by atoms with Gasteiger partial charge >= 0.3 is 0 Å². The van der Waals surface area contributed by atoms with E-state index in [-0.39, 0.29) is 0 Å². The smallest absolute Gasteiger partial charge is 0.0143 e. The standard InChI is InChI=1S/C16H24N2/c17-12-16(7-4-8-16)9-10-18-15-11-14(15)13-5-2-1-3-6-13/h1-3,5-6,14-15,18H,4,7-12,17H2. The minimum absolute atomic E-state index is 0.490. The molecule has 1 aromatic carbocycles. The van der Waals surface area contributed by atoms with Gasteiger partial charge in [-0.1, -0.05) is 36.8 Å². The average molecular weight is 244 g/mol. The van der Waals surface area contributed by atoms with Crippen molar-refractivity contribution >= 4 is 0 Å². The van der Waals surface area contributed by atoms with E-state index < -0.39 is 0 Å². The number of nitrogens with one attached hydrogen (secondary N) is 1. The molecule has 0 aromatic heterocycles. The van der Waals surface area contributed by atoms with Crippen LogP contribution in [0.5, 0.6) is 0 Å². The number of benzene rings is 1. The number of hydrogen-bond acceptors (Lipinski definition) is 2. The third kappa shape index (κ3) is 2.45. The predicted octanol–water partition coefficient (Wildman–Crippen LogP) is 2.65. The van der Waals surface area contributed by atoms with Crippen molar-refractivity contribution in [3.8, 4) is 0 Å². The zero-order valence-corrected chi connectivity index (χ0v) is 11.1. The van der Waals surface area contributed by atoms with Crippen LogP contribution in [0.4, 0.5) is 0 Å². The molecular formula is C16H24N2. The Labute approximate surface area is 110 Å². The van der Waals surface area contributed by atoms with Gasteiger partial charge in [-0.05, 0) is 49.8 Å². The van der Waals surface area contributed by atoms with Crippen molar-refractivity contribution in [2.45, 2.75) is 44.1 Å². The second-order valence-electron chi connectivity index (χ2n) is 6.12. The minimum atomic E-state index is 0.490. The summed E-state index contributed by atoms with van der Waals surface area (Å²) in [5.41, 5.74) is 7.87. The predicted molar refractivity (Wildman–Crippen MR) is 75.5 cm³/mol. The first-order valence-corrected chi connectivity index (χ1v) is 7.31. The molecule has 0 spiro atoms. The molecule has 0 amide bonds. The van der Waals surface area contributed by atoms with E-state index in [1.807, 2.05) is 0 Å². The van der Waals surface area contributed by atoms with Gasteiger partial charge in [0.05, 0.1) is 0 Å². The van der Waals surface area contributed by atoms with Crippen LogP contribution in [0.15, 0.2) is 30.3 Å². The summed E-state index contributed by atoms with van der Waals surface area (Å²) in [6.45, 7) is 2.02. The van der Waals surface area contributed by atoms with E-state index in [0.717, 1.165) is 19.0 Å². The Morgan fingerprint density at radius 3 is 2.61 bits per heavy atom. The van der Waals surface area contributed by atoms with Crippen LogP contribution in [0.3, 0.4) is 0 Å². The zero-order valence-electron chi connectivity index (χ0n) is 11.1. The van der Waals surface area contributed by atoms with Crippen molar-refractivity contribution in [1.29, 1.82) is 0 Å². The lowest BCUT2D eigenvalue weighted by Crippen LogP contribution is -2.40. The van der Waals surface area contributed by atoms with Crippen LogP contribution in [-0.2, 0) is 0 Å². The highest BCUT2D eigenvalue weighted by Gasteiger charge is 2.39. The molecule has 2 saturated carbocycles. The van der Waals surface area contributed by atoms with Crippen molar-refractivity contribution in [1.82, 2.24) is 5.32 Å². The monoisotopic (exact) mass is 244 g/mol. The van der Waals surface area contributed by atoms with Crippen LogP contribution >= 0.6 is 0 Å². The third-order valence-electron chi connectivity index (χ3n) is 4.93.